The number of halogens is 2. The molecule has 0 fully saturated rings. The number of hydrogen-bond acceptors (Lipinski definition) is 7. The summed E-state index contributed by atoms with van der Waals surface area (Å²) in [6.07, 6.45) is -1.63. The van der Waals surface area contributed by atoms with Crippen molar-refractivity contribution in [2.45, 2.75) is 6.23 Å². The fourth-order valence-corrected chi connectivity index (χ4v) is 3.37. The van der Waals surface area contributed by atoms with Gasteiger partial charge in [0.15, 0.2) is 6.23 Å². The number of H-pyrrole nitrogens is 1. The summed E-state index contributed by atoms with van der Waals surface area (Å²) in [6.45, 7) is 0.440. The number of anilines is 1. The van der Waals surface area contributed by atoms with Crippen molar-refractivity contribution >= 4 is 52.0 Å². The molecule has 1 aliphatic heterocycles. The van der Waals surface area contributed by atoms with Crippen LogP contribution in [0.4, 0.5) is 10.7 Å². The standard InChI is InChI=1S/C19H17Cl2N5O4/c1-29-4-5-30-19(28)24-18-22-14-3-2-9(6-15(14)23-18)16-10-7-12(20)13(21)8-11(10)17(27)26-25-16/h2-3,6-8,17,26-27H,4-5H2,1H3,(H2,22,23,24,28). The number of aliphatic hydroxyl groups is 1. The van der Waals surface area contributed by atoms with Crippen molar-refractivity contribution < 1.29 is 19.4 Å². The molecule has 3 aromatic rings. The molecule has 9 nitrogen and oxygen atoms in total. The van der Waals surface area contributed by atoms with E-state index in [9.17, 15) is 9.90 Å². The van der Waals surface area contributed by atoms with E-state index in [1.54, 1.807) is 18.2 Å². The van der Waals surface area contributed by atoms with E-state index in [1.807, 2.05) is 12.1 Å². The van der Waals surface area contributed by atoms with E-state index < -0.39 is 12.3 Å². The van der Waals surface area contributed by atoms with E-state index in [0.29, 0.717) is 44.5 Å². The van der Waals surface area contributed by atoms with Crippen molar-refractivity contribution in [3.63, 3.8) is 0 Å². The molecular weight excluding hydrogens is 433 g/mol. The predicted octanol–water partition coefficient (Wildman–Crippen LogP) is 3.41. The molecule has 1 aromatic heterocycles. The zero-order valence-electron chi connectivity index (χ0n) is 15.7. The Labute approximate surface area is 181 Å². The molecule has 4 rings (SSSR count). The molecule has 1 aliphatic rings. The van der Waals surface area contributed by atoms with Crippen LogP contribution < -0.4 is 10.7 Å². The van der Waals surface area contributed by atoms with Gasteiger partial charge in [-0.05, 0) is 24.3 Å². The van der Waals surface area contributed by atoms with Crippen molar-refractivity contribution in [3.05, 3.63) is 57.1 Å². The second kappa shape index (κ2) is 8.49. The van der Waals surface area contributed by atoms with Gasteiger partial charge in [0.2, 0.25) is 5.95 Å². The Bertz CT molecular complexity index is 1150. The topological polar surface area (TPSA) is 121 Å². The highest BCUT2D eigenvalue weighted by Gasteiger charge is 2.24. The Balaban J connectivity index is 1.62. The summed E-state index contributed by atoms with van der Waals surface area (Å²) in [6, 6.07) is 8.72. The highest BCUT2D eigenvalue weighted by Crippen LogP contribution is 2.32. The Kier molecular flexibility index (Phi) is 5.78. The van der Waals surface area contributed by atoms with Crippen LogP contribution in [0, 0.1) is 0 Å². The number of hydrazone groups is 1. The molecule has 0 aliphatic carbocycles. The molecule has 11 heteroatoms. The van der Waals surface area contributed by atoms with Crippen molar-refractivity contribution in [3.8, 4) is 0 Å². The number of benzene rings is 2. The van der Waals surface area contributed by atoms with E-state index in [4.69, 9.17) is 32.7 Å². The Morgan fingerprint density at radius 1 is 1.23 bits per heavy atom. The van der Waals surface area contributed by atoms with Gasteiger partial charge in [0.05, 0.1) is 33.4 Å². The van der Waals surface area contributed by atoms with Crippen molar-refractivity contribution in [2.75, 3.05) is 25.6 Å². The average molecular weight is 450 g/mol. The third kappa shape index (κ3) is 4.05. The van der Waals surface area contributed by atoms with Gasteiger partial charge in [0.25, 0.3) is 0 Å². The number of aromatic nitrogens is 2. The number of fused-ring (bicyclic) bond motifs is 2. The number of hydrogen-bond donors (Lipinski definition) is 4. The SMILES string of the molecule is COCCOC(=O)Nc1nc2ccc(C3=NNC(O)c4cc(Cl)c(Cl)cc43)cc2[nH]1. The summed E-state index contributed by atoms with van der Waals surface area (Å²) in [5, 5.41) is 17.7. The molecule has 30 heavy (non-hydrogen) atoms. The van der Waals surface area contributed by atoms with Crippen molar-refractivity contribution in [1.29, 1.82) is 0 Å². The summed E-state index contributed by atoms with van der Waals surface area (Å²) >= 11 is 12.3. The Morgan fingerprint density at radius 2 is 2.03 bits per heavy atom. The maximum absolute atomic E-state index is 11.8. The maximum atomic E-state index is 11.8. The molecule has 1 amide bonds. The summed E-state index contributed by atoms with van der Waals surface area (Å²) in [5.74, 6) is 0.249. The van der Waals surface area contributed by atoms with Crippen LogP contribution in [0.1, 0.15) is 22.9 Å². The molecule has 2 aromatic carbocycles. The van der Waals surface area contributed by atoms with Crippen LogP contribution in [-0.4, -0.2) is 47.2 Å². The molecule has 4 N–H and O–H groups in total. The first kappa shape index (κ1) is 20.4. The number of rotatable bonds is 5. The molecule has 2 heterocycles. The number of amides is 1. The number of aliphatic hydroxyl groups excluding tert-OH is 1. The van der Waals surface area contributed by atoms with Crippen molar-refractivity contribution in [2.24, 2.45) is 5.10 Å². The molecule has 0 saturated carbocycles. The number of carbonyl (C=O) groups excluding carboxylic acids is 1. The fourth-order valence-electron chi connectivity index (χ4n) is 3.04. The lowest BCUT2D eigenvalue weighted by molar-refractivity contribution is 0.107. The Morgan fingerprint density at radius 3 is 2.83 bits per heavy atom. The minimum Gasteiger partial charge on any atom is -0.447 e. The highest BCUT2D eigenvalue weighted by molar-refractivity contribution is 6.42. The Hall–Kier alpha value is -2.85. The molecule has 0 radical (unpaired) electrons. The van der Waals surface area contributed by atoms with E-state index in [1.165, 1.54) is 7.11 Å². The van der Waals surface area contributed by atoms with Crippen LogP contribution in [0.3, 0.4) is 0 Å². The number of ether oxygens (including phenoxy) is 2. The molecule has 156 valence electrons. The molecule has 0 bridgehead atoms. The second-order valence-corrected chi connectivity index (χ2v) is 7.23. The van der Waals surface area contributed by atoms with Gasteiger partial charge in [-0.15, -0.1) is 0 Å². The lowest BCUT2D eigenvalue weighted by Gasteiger charge is -2.23. The van der Waals surface area contributed by atoms with Crippen LogP contribution in [0.2, 0.25) is 10.0 Å². The van der Waals surface area contributed by atoms with Crippen LogP contribution in [-0.2, 0) is 9.47 Å². The summed E-state index contributed by atoms with van der Waals surface area (Å²) in [7, 11) is 1.52. The van der Waals surface area contributed by atoms with Crippen LogP contribution >= 0.6 is 23.2 Å². The number of imidazole rings is 1. The average Bonchev–Trinajstić information content (AvgIpc) is 3.11. The third-order valence-corrected chi connectivity index (χ3v) is 5.16. The zero-order chi connectivity index (χ0) is 21.3. The number of nitrogens with zero attached hydrogens (tertiary/aromatic N) is 2. The number of nitrogens with one attached hydrogen (secondary N) is 3. The normalized spacial score (nSPS) is 15.3. The summed E-state index contributed by atoms with van der Waals surface area (Å²) in [4.78, 5) is 19.1. The quantitative estimate of drug-likeness (QED) is 0.442. The first-order valence-electron chi connectivity index (χ1n) is 8.89. The van der Waals surface area contributed by atoms with E-state index in [-0.39, 0.29) is 12.6 Å². The number of methoxy groups -OCH3 is 1. The molecule has 0 spiro atoms. The van der Waals surface area contributed by atoms with Gasteiger partial charge >= 0.3 is 6.09 Å². The summed E-state index contributed by atoms with van der Waals surface area (Å²) in [5.41, 5.74) is 6.55. The fraction of sp³-hybridized carbons (Fsp3) is 0.211. The molecule has 1 atom stereocenters. The first-order valence-corrected chi connectivity index (χ1v) is 9.65. The molecule has 0 saturated heterocycles. The molecular formula is C19H17Cl2N5O4. The minimum atomic E-state index is -0.991. The largest absolute Gasteiger partial charge is 0.447 e. The molecule has 1 unspecified atom stereocenters. The maximum Gasteiger partial charge on any atom is 0.414 e. The minimum absolute atomic E-state index is 0.136. The lowest BCUT2D eigenvalue weighted by atomic mass is 9.95. The predicted molar refractivity (Wildman–Crippen MR) is 113 cm³/mol. The van der Waals surface area contributed by atoms with Gasteiger partial charge in [-0.2, -0.15) is 5.10 Å². The smallest absolute Gasteiger partial charge is 0.414 e. The van der Waals surface area contributed by atoms with Gasteiger partial charge in [-0.1, -0.05) is 29.3 Å². The zero-order valence-corrected chi connectivity index (χ0v) is 17.2. The van der Waals surface area contributed by atoms with Crippen LogP contribution in [0.15, 0.2) is 35.4 Å². The highest BCUT2D eigenvalue weighted by atomic mass is 35.5. The second-order valence-electron chi connectivity index (χ2n) is 6.42. The van der Waals surface area contributed by atoms with Gasteiger partial charge in [-0.25, -0.2) is 9.78 Å². The van der Waals surface area contributed by atoms with E-state index in [0.717, 1.165) is 5.56 Å². The first-order chi connectivity index (χ1) is 14.5. The van der Waals surface area contributed by atoms with Gasteiger partial charge in [0, 0.05) is 23.8 Å². The van der Waals surface area contributed by atoms with Crippen molar-refractivity contribution in [1.82, 2.24) is 15.4 Å². The number of aromatic amines is 1. The van der Waals surface area contributed by atoms with Gasteiger partial charge in [-0.3, -0.25) is 10.7 Å². The van der Waals surface area contributed by atoms with Crippen LogP contribution in [0.25, 0.3) is 11.0 Å². The number of carbonyl (C=O) groups is 1. The lowest BCUT2D eigenvalue weighted by Crippen LogP contribution is -2.26. The van der Waals surface area contributed by atoms with Crippen LogP contribution in [0.5, 0.6) is 0 Å². The monoisotopic (exact) mass is 449 g/mol. The van der Waals surface area contributed by atoms with E-state index >= 15 is 0 Å². The van der Waals surface area contributed by atoms with E-state index in [2.05, 4.69) is 25.8 Å². The summed E-state index contributed by atoms with van der Waals surface area (Å²) < 4.78 is 9.79. The van der Waals surface area contributed by atoms with Gasteiger partial charge in [0.1, 0.15) is 6.61 Å². The third-order valence-electron chi connectivity index (χ3n) is 4.44. The van der Waals surface area contributed by atoms with Gasteiger partial charge < -0.3 is 19.6 Å².